The summed E-state index contributed by atoms with van der Waals surface area (Å²) in [7, 11) is 0. The van der Waals surface area contributed by atoms with Gasteiger partial charge in [0.25, 0.3) is 11.4 Å². The van der Waals surface area contributed by atoms with Crippen LogP contribution in [0.4, 0.5) is 17.1 Å². The molecule has 0 radical (unpaired) electrons. The average molecular weight is 621 g/mol. The van der Waals surface area contributed by atoms with Crippen molar-refractivity contribution in [2.24, 2.45) is 5.92 Å². The van der Waals surface area contributed by atoms with E-state index in [1.807, 2.05) is 0 Å². The fourth-order valence-electron chi connectivity index (χ4n) is 6.03. The molecule has 246 valence electrons. The summed E-state index contributed by atoms with van der Waals surface area (Å²) in [6, 6.07) is 1.41. The van der Waals surface area contributed by atoms with Gasteiger partial charge in [-0.3, -0.25) is 20.2 Å². The molecule has 1 aromatic rings. The number of hydrogen-bond acceptors (Lipinski definition) is 11. The summed E-state index contributed by atoms with van der Waals surface area (Å²) in [5, 5.41) is 81.3. The minimum atomic E-state index is -1.56. The molecule has 3 rings (SSSR count). The van der Waals surface area contributed by atoms with Gasteiger partial charge >= 0.3 is 0 Å². The minimum Gasteiger partial charge on any atom is -0.392 e. The first kappa shape index (κ1) is 35.5. The van der Waals surface area contributed by atoms with Crippen LogP contribution in [0.3, 0.4) is 0 Å². The Balaban J connectivity index is 1.92. The maximum Gasteiger partial charge on any atom is 0.299 e. The van der Waals surface area contributed by atoms with Gasteiger partial charge in [-0.1, -0.05) is 76.0 Å². The zero-order chi connectivity index (χ0) is 32.2. The molecular weight excluding hydrogens is 572 g/mol. The number of benzene rings is 1. The van der Waals surface area contributed by atoms with E-state index in [4.69, 9.17) is 0 Å². The Kier molecular flexibility index (Phi) is 14.2. The molecule has 0 amide bonds. The van der Waals surface area contributed by atoms with Gasteiger partial charge in [-0.15, -0.1) is 0 Å². The van der Waals surface area contributed by atoms with Gasteiger partial charge in [0.05, 0.1) is 40.7 Å². The van der Waals surface area contributed by atoms with Crippen LogP contribution in [-0.4, -0.2) is 85.0 Å². The molecule has 4 unspecified atom stereocenters. The third kappa shape index (κ3) is 10.0. The van der Waals surface area contributed by atoms with Crippen LogP contribution in [0.5, 0.6) is 0 Å². The summed E-state index contributed by atoms with van der Waals surface area (Å²) in [4.78, 5) is 21.6. The van der Waals surface area contributed by atoms with Crippen LogP contribution in [0.15, 0.2) is 41.5 Å². The number of allylic oxidation sites excluding steroid dienone is 1. The molecule has 44 heavy (non-hydrogen) atoms. The van der Waals surface area contributed by atoms with Gasteiger partial charge in [-0.05, 0) is 36.8 Å². The first-order valence-electron chi connectivity index (χ1n) is 15.7. The molecule has 2 aliphatic rings. The Labute approximate surface area is 258 Å². The minimum absolute atomic E-state index is 0.0286. The lowest BCUT2D eigenvalue weighted by atomic mass is 9.87. The Bertz CT molecular complexity index is 1160. The van der Waals surface area contributed by atoms with Crippen molar-refractivity contribution in [2.75, 3.05) is 18.5 Å². The summed E-state index contributed by atoms with van der Waals surface area (Å²) < 4.78 is 0. The maximum absolute atomic E-state index is 11.8. The van der Waals surface area contributed by atoms with Crippen LogP contribution in [-0.2, 0) is 0 Å². The molecule has 1 saturated carbocycles. The van der Waals surface area contributed by atoms with Crippen molar-refractivity contribution >= 4 is 17.1 Å². The first-order valence-corrected chi connectivity index (χ1v) is 15.7. The number of rotatable bonds is 10. The lowest BCUT2D eigenvalue weighted by Gasteiger charge is -2.36. The van der Waals surface area contributed by atoms with E-state index in [0.717, 1.165) is 62.7 Å². The molecule has 13 heteroatoms. The van der Waals surface area contributed by atoms with E-state index in [1.54, 1.807) is 6.08 Å². The fraction of sp³-hybridized carbons (Fsp3) is 0.677. The molecular formula is C31H48N4O9. The Morgan fingerprint density at radius 3 is 2.20 bits per heavy atom. The van der Waals surface area contributed by atoms with E-state index in [1.165, 1.54) is 37.8 Å². The predicted molar refractivity (Wildman–Crippen MR) is 166 cm³/mol. The van der Waals surface area contributed by atoms with Crippen LogP contribution in [0.25, 0.3) is 0 Å². The number of anilines is 1. The van der Waals surface area contributed by atoms with E-state index < -0.39 is 64.3 Å². The highest BCUT2D eigenvalue weighted by atomic mass is 16.6. The van der Waals surface area contributed by atoms with Gasteiger partial charge in [0.2, 0.25) is 0 Å². The highest BCUT2D eigenvalue weighted by molar-refractivity contribution is 5.66. The number of aliphatic hydroxyl groups excluding tert-OH is 5. The van der Waals surface area contributed by atoms with Crippen molar-refractivity contribution in [1.29, 1.82) is 0 Å². The lowest BCUT2D eigenvalue weighted by Crippen LogP contribution is -2.56. The quantitative estimate of drug-likeness (QED) is 0.114. The summed E-state index contributed by atoms with van der Waals surface area (Å²) >= 11 is 0. The molecule has 13 nitrogen and oxygen atoms in total. The molecule has 0 spiro atoms. The zero-order valence-corrected chi connectivity index (χ0v) is 25.4. The number of hydrogen-bond donors (Lipinski definition) is 7. The molecule has 0 aromatic heterocycles. The monoisotopic (exact) mass is 620 g/mol. The lowest BCUT2D eigenvalue weighted by molar-refractivity contribution is -0.393. The van der Waals surface area contributed by atoms with Crippen LogP contribution in [0, 0.1) is 26.1 Å². The summed E-state index contributed by atoms with van der Waals surface area (Å²) in [5.41, 5.74) is 0.214. The van der Waals surface area contributed by atoms with Crippen molar-refractivity contribution in [1.82, 2.24) is 5.32 Å². The molecule has 0 bridgehead atoms. The zero-order valence-electron chi connectivity index (χ0n) is 25.4. The second kappa shape index (κ2) is 17.5. The molecule has 0 aliphatic heterocycles. The standard InChI is InChI=1S/C31H48N4O9/c1-20-11-9-7-5-3-2-4-6-8-10-12-21(20)16-28(37)26(18-32-25-15-22(19-36)29(38)31(40)30(25)39)33-24-14-13-23(34(41)42)17-27(24)35(43)44/h13-17,20,25-26,28-33,36-40H,2-12,18-19H2,1H3/b21-16-/t20?,25?,26?,28-,29-,30+,31?/m1/s1. The Morgan fingerprint density at radius 1 is 0.955 bits per heavy atom. The maximum atomic E-state index is 11.8. The van der Waals surface area contributed by atoms with E-state index >= 15 is 0 Å². The fourth-order valence-corrected chi connectivity index (χ4v) is 6.03. The number of non-ortho nitro benzene ring substituents is 1. The van der Waals surface area contributed by atoms with E-state index in [0.29, 0.717) is 0 Å². The van der Waals surface area contributed by atoms with Gasteiger partial charge in [0.15, 0.2) is 0 Å². The van der Waals surface area contributed by atoms with Gasteiger partial charge < -0.3 is 36.2 Å². The van der Waals surface area contributed by atoms with Crippen molar-refractivity contribution in [3.63, 3.8) is 0 Å². The van der Waals surface area contributed by atoms with Crippen LogP contribution in [0.1, 0.15) is 77.6 Å². The summed E-state index contributed by atoms with van der Waals surface area (Å²) in [5.74, 6) is 0.222. The number of nitrogens with zero attached hydrogens (tertiary/aromatic N) is 2. The highest BCUT2D eigenvalue weighted by Crippen LogP contribution is 2.31. The van der Waals surface area contributed by atoms with Crippen molar-refractivity contribution < 1.29 is 35.4 Å². The van der Waals surface area contributed by atoms with Gasteiger partial charge in [0.1, 0.15) is 24.0 Å². The van der Waals surface area contributed by atoms with Crippen LogP contribution < -0.4 is 10.6 Å². The summed E-state index contributed by atoms with van der Waals surface area (Å²) in [6.07, 6.45) is 9.84. The molecule has 7 N–H and O–H groups in total. The first-order chi connectivity index (χ1) is 21.0. The van der Waals surface area contributed by atoms with E-state index in [2.05, 4.69) is 17.6 Å². The predicted octanol–water partition coefficient (Wildman–Crippen LogP) is 3.48. The molecule has 1 fully saturated rings. The largest absolute Gasteiger partial charge is 0.392 e. The van der Waals surface area contributed by atoms with Crippen molar-refractivity contribution in [3.05, 3.63) is 61.7 Å². The van der Waals surface area contributed by atoms with E-state index in [9.17, 15) is 45.8 Å². The highest BCUT2D eigenvalue weighted by Gasteiger charge is 2.37. The third-order valence-corrected chi connectivity index (χ3v) is 8.83. The van der Waals surface area contributed by atoms with Gasteiger partial charge in [0, 0.05) is 12.6 Å². The SMILES string of the molecule is CC1CCCCCCCCCCC/C1=C/[C@@H](O)C(CNC1C=C(CO)[C@@H](O)C(O)[C@H]1O)Nc1ccc([N+](=O)[O-])cc1[N+](=O)[O-]. The summed E-state index contributed by atoms with van der Waals surface area (Å²) in [6.45, 7) is 1.55. The van der Waals surface area contributed by atoms with Gasteiger partial charge in [-0.25, -0.2) is 0 Å². The van der Waals surface area contributed by atoms with Gasteiger partial charge in [-0.2, -0.15) is 0 Å². The van der Waals surface area contributed by atoms with Crippen molar-refractivity contribution in [2.45, 2.75) is 114 Å². The number of aliphatic hydroxyl groups is 5. The molecule has 0 saturated heterocycles. The van der Waals surface area contributed by atoms with Crippen LogP contribution >= 0.6 is 0 Å². The Hall–Kier alpha value is -2.94. The molecule has 7 atom stereocenters. The smallest absolute Gasteiger partial charge is 0.299 e. The molecule has 0 heterocycles. The van der Waals surface area contributed by atoms with E-state index in [-0.39, 0.29) is 23.7 Å². The van der Waals surface area contributed by atoms with Crippen LogP contribution in [0.2, 0.25) is 0 Å². The molecule has 1 aromatic carbocycles. The third-order valence-electron chi connectivity index (χ3n) is 8.83. The average Bonchev–Trinajstić information content (AvgIpc) is 3.02. The second-order valence-corrected chi connectivity index (χ2v) is 12.1. The number of nitro groups is 2. The Morgan fingerprint density at radius 2 is 1.59 bits per heavy atom. The second-order valence-electron chi connectivity index (χ2n) is 12.1. The number of nitro benzene ring substituents is 2. The molecule has 2 aliphatic carbocycles. The topological polar surface area (TPSA) is 211 Å². The number of nitrogens with one attached hydrogen (secondary N) is 2. The van der Waals surface area contributed by atoms with Crippen molar-refractivity contribution in [3.8, 4) is 0 Å². The normalized spacial score (nSPS) is 28.1.